The second kappa shape index (κ2) is 5.91. The Labute approximate surface area is 150 Å². The van der Waals surface area contributed by atoms with Crippen LogP contribution in [0.4, 0.5) is 0 Å². The molecule has 0 aromatic heterocycles. The smallest absolute Gasteiger partial charge is 0.0616 e. The van der Waals surface area contributed by atoms with E-state index >= 15 is 0 Å². The molecule has 0 radical (unpaired) electrons. The average Bonchev–Trinajstić information content (AvgIpc) is 2.43. The summed E-state index contributed by atoms with van der Waals surface area (Å²) in [7, 11) is 0. The van der Waals surface area contributed by atoms with Crippen LogP contribution in [0.3, 0.4) is 0 Å². The fourth-order valence-electron chi connectivity index (χ4n) is 2.54. The number of rotatable bonds is 0. The molecule has 0 aliphatic heterocycles. The van der Waals surface area contributed by atoms with E-state index in [0.717, 1.165) is 6.78 Å². The molecule has 0 bridgehead atoms. The van der Waals surface area contributed by atoms with E-state index in [1.165, 1.54) is 32.0 Å². The van der Waals surface area contributed by atoms with Crippen molar-refractivity contribution in [2.75, 3.05) is 0 Å². The highest BCUT2D eigenvalue weighted by Crippen LogP contribution is 2.23. The van der Waals surface area contributed by atoms with Gasteiger partial charge >= 0.3 is 0 Å². The van der Waals surface area contributed by atoms with Crippen molar-refractivity contribution in [3.05, 3.63) is 59.0 Å². The fraction of sp³-hybridized carbons (Fsp3) is 0. The molecule has 0 spiro atoms. The molecule has 0 nitrogen and oxygen atoms in total. The summed E-state index contributed by atoms with van der Waals surface area (Å²) in [4.78, 5) is 0. The first-order valence-corrected chi connectivity index (χ1v) is 9.08. The lowest BCUT2D eigenvalue weighted by Gasteiger charge is -2.08. The first-order chi connectivity index (χ1) is 9.61. The fourth-order valence-corrected chi connectivity index (χ4v) is 4.24. The third-order valence-electron chi connectivity index (χ3n) is 3.31. The lowest BCUT2D eigenvalue weighted by atomic mass is 9.99. The molecule has 0 aliphatic rings. The summed E-state index contributed by atoms with van der Waals surface area (Å²) in [6, 6.07) is 16.8. The molecule has 3 aromatic rings. The standard InChI is InChI=1S/C16H8Br4/c17-15(18)13-9-5-1-2-6-10(9)14(16(19)20)12-8-4-3-7-11(12)13/h1-8H. The summed E-state index contributed by atoms with van der Waals surface area (Å²) in [6.07, 6.45) is 0. The molecule has 0 N–H and O–H groups in total. The molecular weight excluding hydrogens is 512 g/mol. The predicted octanol–water partition coefficient (Wildman–Crippen LogP) is 5.70. The highest BCUT2D eigenvalue weighted by Gasteiger charge is 2.08. The van der Waals surface area contributed by atoms with E-state index in [9.17, 15) is 0 Å². The normalized spacial score (nSPS) is 11.0. The number of hydrogen-bond donors (Lipinski definition) is 0. The highest BCUT2D eigenvalue weighted by molar-refractivity contribution is 9.34. The van der Waals surface area contributed by atoms with Crippen molar-refractivity contribution >= 4 is 92.0 Å². The van der Waals surface area contributed by atoms with Gasteiger partial charge in [-0.25, -0.2) is 0 Å². The molecule has 0 atom stereocenters. The minimum atomic E-state index is 0.967. The number of halogens is 4. The molecular formula is C16H8Br4. The molecule has 0 aliphatic carbocycles. The summed E-state index contributed by atoms with van der Waals surface area (Å²) in [5, 5.41) is 7.20. The Hall–Kier alpha value is -0.160. The van der Waals surface area contributed by atoms with Crippen molar-refractivity contribution < 1.29 is 0 Å². The lowest BCUT2D eigenvalue weighted by molar-refractivity contribution is 1.69. The molecule has 3 rings (SSSR count). The van der Waals surface area contributed by atoms with Crippen LogP contribution in [-0.4, -0.2) is 0 Å². The quantitative estimate of drug-likeness (QED) is 0.334. The van der Waals surface area contributed by atoms with Crippen molar-refractivity contribution in [3.8, 4) is 0 Å². The molecule has 3 aromatic carbocycles. The van der Waals surface area contributed by atoms with Crippen LogP contribution in [0.15, 0.2) is 48.5 Å². The van der Waals surface area contributed by atoms with Crippen LogP contribution >= 0.6 is 63.7 Å². The van der Waals surface area contributed by atoms with E-state index in [0.29, 0.717) is 0 Å². The van der Waals surface area contributed by atoms with Gasteiger partial charge in [-0.05, 0) is 85.3 Å². The van der Waals surface area contributed by atoms with E-state index in [2.05, 4.69) is 112 Å². The predicted molar refractivity (Wildman–Crippen MR) is 103 cm³/mol. The highest BCUT2D eigenvalue weighted by atomic mass is 79.9. The number of benzene rings is 3. The van der Waals surface area contributed by atoms with Crippen molar-refractivity contribution in [1.29, 1.82) is 0 Å². The van der Waals surface area contributed by atoms with Gasteiger partial charge in [0.05, 0.1) is 6.78 Å². The van der Waals surface area contributed by atoms with Gasteiger partial charge in [-0.2, -0.15) is 0 Å². The summed E-state index contributed by atoms with van der Waals surface area (Å²) in [5.74, 6) is 0. The summed E-state index contributed by atoms with van der Waals surface area (Å²) < 4.78 is 1.93. The molecule has 4 heteroatoms. The Bertz CT molecular complexity index is 793. The number of hydrogen-bond acceptors (Lipinski definition) is 0. The van der Waals surface area contributed by atoms with E-state index in [1.54, 1.807) is 0 Å². The zero-order chi connectivity index (χ0) is 14.3. The zero-order valence-corrected chi connectivity index (χ0v) is 16.5. The van der Waals surface area contributed by atoms with Crippen molar-refractivity contribution in [2.45, 2.75) is 0 Å². The van der Waals surface area contributed by atoms with Gasteiger partial charge in [0.2, 0.25) is 0 Å². The minimum absolute atomic E-state index is 0.967. The Balaban J connectivity index is 2.88. The Kier molecular flexibility index (Phi) is 4.37. The number of fused-ring (bicyclic) bond motifs is 2. The van der Waals surface area contributed by atoms with Crippen LogP contribution < -0.4 is 10.4 Å². The van der Waals surface area contributed by atoms with E-state index in [4.69, 9.17) is 0 Å². The molecule has 0 heterocycles. The largest absolute Gasteiger partial charge is 0.0688 e. The summed E-state index contributed by atoms with van der Waals surface area (Å²) in [6.45, 7) is 0. The maximum absolute atomic E-state index is 3.59. The molecule has 0 saturated carbocycles. The van der Waals surface area contributed by atoms with Gasteiger partial charge in [-0.1, -0.05) is 48.5 Å². The second-order valence-electron chi connectivity index (χ2n) is 4.36. The third-order valence-corrected chi connectivity index (χ3v) is 4.90. The van der Waals surface area contributed by atoms with Gasteiger partial charge < -0.3 is 0 Å². The molecule has 0 saturated heterocycles. The van der Waals surface area contributed by atoms with Gasteiger partial charge in [-0.15, -0.1) is 0 Å². The molecule has 0 unspecified atom stereocenters. The molecule has 0 amide bonds. The second-order valence-corrected chi connectivity index (χ2v) is 9.66. The van der Waals surface area contributed by atoms with Crippen LogP contribution in [0.1, 0.15) is 0 Å². The van der Waals surface area contributed by atoms with Crippen LogP contribution in [0.2, 0.25) is 0 Å². The van der Waals surface area contributed by atoms with Gasteiger partial charge in [-0.3, -0.25) is 0 Å². The van der Waals surface area contributed by atoms with Crippen LogP contribution in [-0.2, 0) is 0 Å². The maximum Gasteiger partial charge on any atom is 0.0688 e. The zero-order valence-electron chi connectivity index (χ0n) is 10.1. The Morgan fingerprint density at radius 1 is 0.500 bits per heavy atom. The summed E-state index contributed by atoms with van der Waals surface area (Å²) >= 11 is 14.4. The Morgan fingerprint density at radius 3 is 0.950 bits per heavy atom. The summed E-state index contributed by atoms with van der Waals surface area (Å²) in [5.41, 5.74) is 0. The SMILES string of the molecule is BrC(Br)=c1c2ccccc2c(=C(Br)Br)c2ccccc12. The molecule has 20 heavy (non-hydrogen) atoms. The first kappa shape index (κ1) is 14.8. The minimum Gasteiger partial charge on any atom is -0.0616 e. The third kappa shape index (κ3) is 2.41. The van der Waals surface area contributed by atoms with Crippen LogP contribution in [0.25, 0.3) is 28.3 Å². The van der Waals surface area contributed by atoms with Gasteiger partial charge in [0, 0.05) is 10.4 Å². The molecule has 100 valence electrons. The van der Waals surface area contributed by atoms with E-state index in [1.807, 2.05) is 0 Å². The van der Waals surface area contributed by atoms with Crippen LogP contribution in [0, 0.1) is 0 Å². The first-order valence-electron chi connectivity index (χ1n) is 5.91. The van der Waals surface area contributed by atoms with Gasteiger partial charge in [0.1, 0.15) is 0 Å². The van der Waals surface area contributed by atoms with E-state index < -0.39 is 0 Å². The van der Waals surface area contributed by atoms with Crippen molar-refractivity contribution in [2.24, 2.45) is 0 Å². The molecule has 0 fully saturated rings. The van der Waals surface area contributed by atoms with Crippen molar-refractivity contribution in [1.82, 2.24) is 0 Å². The van der Waals surface area contributed by atoms with Gasteiger partial charge in [0.15, 0.2) is 0 Å². The topological polar surface area (TPSA) is 0 Å². The Morgan fingerprint density at radius 2 is 0.750 bits per heavy atom. The van der Waals surface area contributed by atoms with E-state index in [-0.39, 0.29) is 0 Å². The van der Waals surface area contributed by atoms with Gasteiger partial charge in [0.25, 0.3) is 0 Å². The lowest BCUT2D eigenvalue weighted by Crippen LogP contribution is -2.15. The maximum atomic E-state index is 3.59. The monoisotopic (exact) mass is 516 g/mol. The van der Waals surface area contributed by atoms with Crippen molar-refractivity contribution in [3.63, 3.8) is 0 Å². The average molecular weight is 520 g/mol. The van der Waals surface area contributed by atoms with Crippen LogP contribution in [0.5, 0.6) is 0 Å².